The van der Waals surface area contributed by atoms with Crippen molar-refractivity contribution in [3.05, 3.63) is 52.0 Å². The second kappa shape index (κ2) is 5.70. The Morgan fingerprint density at radius 3 is 2.33 bits per heavy atom. The molecule has 0 fully saturated rings. The number of halogens is 1. The van der Waals surface area contributed by atoms with E-state index in [0.29, 0.717) is 5.92 Å². The molecule has 0 radical (unpaired) electrons. The summed E-state index contributed by atoms with van der Waals surface area (Å²) in [5.41, 5.74) is 3.90. The van der Waals surface area contributed by atoms with Crippen molar-refractivity contribution >= 4 is 15.9 Å². The van der Waals surface area contributed by atoms with Crippen molar-refractivity contribution < 1.29 is 0 Å². The van der Waals surface area contributed by atoms with Gasteiger partial charge in [0.15, 0.2) is 0 Å². The van der Waals surface area contributed by atoms with Gasteiger partial charge in [-0.3, -0.25) is 0 Å². The van der Waals surface area contributed by atoms with Crippen molar-refractivity contribution in [3.8, 4) is 0 Å². The first-order chi connectivity index (χ1) is 8.58. The smallest absolute Gasteiger partial charge is 0.107 e. The van der Waals surface area contributed by atoms with Crippen molar-refractivity contribution in [2.24, 2.45) is 7.05 Å². The lowest BCUT2D eigenvalue weighted by atomic mass is 10.00. The van der Waals surface area contributed by atoms with E-state index >= 15 is 0 Å². The number of benzene rings is 1. The maximum Gasteiger partial charge on any atom is 0.107 e. The molecule has 0 saturated heterocycles. The lowest BCUT2D eigenvalue weighted by Crippen LogP contribution is -1.94. The molecule has 3 heteroatoms. The maximum absolute atomic E-state index is 4.39. The van der Waals surface area contributed by atoms with E-state index in [1.807, 2.05) is 17.9 Å². The Labute approximate surface area is 117 Å². The summed E-state index contributed by atoms with van der Waals surface area (Å²) in [5, 5.41) is 0. The molecule has 1 aromatic carbocycles. The first-order valence-electron chi connectivity index (χ1n) is 6.32. The van der Waals surface area contributed by atoms with Gasteiger partial charge in [-0.2, -0.15) is 0 Å². The molecule has 0 amide bonds. The number of nitrogens with zero attached hydrogens (tertiary/aromatic N) is 2. The average Bonchev–Trinajstić information content (AvgIpc) is 2.68. The fourth-order valence-electron chi connectivity index (χ4n) is 1.96. The van der Waals surface area contributed by atoms with Crippen LogP contribution in [0.4, 0.5) is 0 Å². The third-order valence-electron chi connectivity index (χ3n) is 3.23. The minimum atomic E-state index is 0.601. The first kappa shape index (κ1) is 13.3. The lowest BCUT2D eigenvalue weighted by molar-refractivity contribution is 0.859. The van der Waals surface area contributed by atoms with Gasteiger partial charge in [0.05, 0.1) is 12.0 Å². The average molecular weight is 307 g/mol. The van der Waals surface area contributed by atoms with Crippen molar-refractivity contribution in [2.75, 3.05) is 0 Å². The molecule has 0 aliphatic heterocycles. The summed E-state index contributed by atoms with van der Waals surface area (Å²) in [6.07, 6.45) is 3.86. The number of imidazole rings is 1. The van der Waals surface area contributed by atoms with Crippen LogP contribution in [0.3, 0.4) is 0 Å². The molecule has 0 spiro atoms. The van der Waals surface area contributed by atoms with Gasteiger partial charge < -0.3 is 4.57 Å². The van der Waals surface area contributed by atoms with E-state index in [9.17, 15) is 0 Å². The summed E-state index contributed by atoms with van der Waals surface area (Å²) in [6.45, 7) is 4.44. The van der Waals surface area contributed by atoms with Crippen LogP contribution in [0.1, 0.15) is 36.6 Å². The van der Waals surface area contributed by atoms with E-state index in [1.165, 1.54) is 11.1 Å². The zero-order valence-electron chi connectivity index (χ0n) is 11.2. The molecule has 1 heterocycles. The van der Waals surface area contributed by atoms with Crippen LogP contribution in [0.15, 0.2) is 35.2 Å². The second-order valence-corrected chi connectivity index (χ2v) is 5.74. The van der Waals surface area contributed by atoms with Crippen LogP contribution in [-0.4, -0.2) is 9.55 Å². The Morgan fingerprint density at radius 2 is 1.83 bits per heavy atom. The molecule has 18 heavy (non-hydrogen) atoms. The topological polar surface area (TPSA) is 17.8 Å². The Balaban J connectivity index is 2.00. The van der Waals surface area contributed by atoms with Crippen LogP contribution in [0, 0.1) is 0 Å². The number of hydrogen-bond donors (Lipinski definition) is 0. The van der Waals surface area contributed by atoms with Crippen molar-refractivity contribution in [1.82, 2.24) is 9.55 Å². The van der Waals surface area contributed by atoms with Gasteiger partial charge in [0.2, 0.25) is 0 Å². The van der Waals surface area contributed by atoms with Gasteiger partial charge in [-0.1, -0.05) is 38.1 Å². The van der Waals surface area contributed by atoms with Crippen LogP contribution >= 0.6 is 15.9 Å². The monoisotopic (exact) mass is 306 g/mol. The van der Waals surface area contributed by atoms with E-state index in [4.69, 9.17) is 0 Å². The number of hydrogen-bond acceptors (Lipinski definition) is 1. The fourth-order valence-corrected chi connectivity index (χ4v) is 2.36. The summed E-state index contributed by atoms with van der Waals surface area (Å²) in [6, 6.07) is 8.92. The van der Waals surface area contributed by atoms with E-state index in [-0.39, 0.29) is 0 Å². The van der Waals surface area contributed by atoms with Crippen LogP contribution in [0.25, 0.3) is 0 Å². The van der Waals surface area contributed by atoms with Gasteiger partial charge in [0.1, 0.15) is 4.60 Å². The van der Waals surface area contributed by atoms with Crippen molar-refractivity contribution in [2.45, 2.75) is 32.6 Å². The van der Waals surface area contributed by atoms with Crippen LogP contribution in [0.2, 0.25) is 0 Å². The number of rotatable bonds is 4. The summed E-state index contributed by atoms with van der Waals surface area (Å²) < 4.78 is 3.08. The van der Waals surface area contributed by atoms with Gasteiger partial charge in [0, 0.05) is 7.05 Å². The second-order valence-electron chi connectivity index (χ2n) is 4.99. The van der Waals surface area contributed by atoms with Gasteiger partial charge in [-0.25, -0.2) is 4.98 Å². The maximum atomic E-state index is 4.39. The molecule has 1 aromatic heterocycles. The largest absolute Gasteiger partial charge is 0.328 e. The van der Waals surface area contributed by atoms with E-state index < -0.39 is 0 Å². The zero-order valence-corrected chi connectivity index (χ0v) is 12.7. The fraction of sp³-hybridized carbons (Fsp3) is 0.400. The standard InChI is InChI=1S/C15H19BrN2/c1-11(2)13-7-4-12(5-8-13)6-9-14-15(16)18(3)10-17-14/h4-5,7-8,10-11H,6,9H2,1-3H3. The third-order valence-corrected chi connectivity index (χ3v) is 4.25. The van der Waals surface area contributed by atoms with Crippen LogP contribution in [0.5, 0.6) is 0 Å². The van der Waals surface area contributed by atoms with Gasteiger partial charge in [-0.15, -0.1) is 0 Å². The molecule has 0 aliphatic rings. The molecule has 96 valence electrons. The molecule has 0 atom stereocenters. The van der Waals surface area contributed by atoms with Gasteiger partial charge in [-0.05, 0) is 45.8 Å². The van der Waals surface area contributed by atoms with E-state index in [0.717, 1.165) is 23.1 Å². The predicted octanol–water partition coefficient (Wildman–Crippen LogP) is 4.09. The Bertz CT molecular complexity index is 512. The Kier molecular flexibility index (Phi) is 4.23. The molecular weight excluding hydrogens is 288 g/mol. The molecule has 2 rings (SSSR count). The highest BCUT2D eigenvalue weighted by molar-refractivity contribution is 9.10. The molecular formula is C15H19BrN2. The zero-order chi connectivity index (χ0) is 13.1. The summed E-state index contributed by atoms with van der Waals surface area (Å²) in [4.78, 5) is 4.39. The Hall–Kier alpha value is -1.09. The predicted molar refractivity (Wildman–Crippen MR) is 78.8 cm³/mol. The van der Waals surface area contributed by atoms with E-state index in [1.54, 1.807) is 0 Å². The minimum absolute atomic E-state index is 0.601. The molecule has 0 saturated carbocycles. The SMILES string of the molecule is CC(C)c1ccc(CCc2ncn(C)c2Br)cc1. The van der Waals surface area contributed by atoms with Crippen LogP contribution in [-0.2, 0) is 19.9 Å². The molecule has 2 nitrogen and oxygen atoms in total. The molecule has 2 aromatic rings. The minimum Gasteiger partial charge on any atom is -0.328 e. The summed E-state index contributed by atoms with van der Waals surface area (Å²) in [7, 11) is 2.00. The van der Waals surface area contributed by atoms with Gasteiger partial charge in [0.25, 0.3) is 0 Å². The van der Waals surface area contributed by atoms with Gasteiger partial charge >= 0.3 is 0 Å². The molecule has 0 bridgehead atoms. The number of aryl methyl sites for hydroxylation is 3. The highest BCUT2D eigenvalue weighted by Gasteiger charge is 2.06. The van der Waals surface area contributed by atoms with Crippen molar-refractivity contribution in [3.63, 3.8) is 0 Å². The van der Waals surface area contributed by atoms with E-state index in [2.05, 4.69) is 59.0 Å². The highest BCUT2D eigenvalue weighted by atomic mass is 79.9. The lowest BCUT2D eigenvalue weighted by Gasteiger charge is -2.06. The quantitative estimate of drug-likeness (QED) is 0.832. The molecule has 0 aliphatic carbocycles. The number of aromatic nitrogens is 2. The molecule has 0 unspecified atom stereocenters. The molecule has 0 N–H and O–H groups in total. The highest BCUT2D eigenvalue weighted by Crippen LogP contribution is 2.18. The third kappa shape index (κ3) is 3.02. The Morgan fingerprint density at radius 1 is 1.17 bits per heavy atom. The first-order valence-corrected chi connectivity index (χ1v) is 7.11. The summed E-state index contributed by atoms with van der Waals surface area (Å²) >= 11 is 3.55. The van der Waals surface area contributed by atoms with Crippen LogP contribution < -0.4 is 0 Å². The summed E-state index contributed by atoms with van der Waals surface area (Å²) in [5.74, 6) is 0.601. The normalized spacial score (nSPS) is 11.2. The van der Waals surface area contributed by atoms with Crippen molar-refractivity contribution in [1.29, 1.82) is 0 Å².